The van der Waals surface area contributed by atoms with Gasteiger partial charge >= 0.3 is 0 Å². The summed E-state index contributed by atoms with van der Waals surface area (Å²) in [5, 5.41) is 0. The monoisotopic (exact) mass is 215 g/mol. The average Bonchev–Trinajstić information content (AvgIpc) is 2.31. The Labute approximate surface area is 98.9 Å². The van der Waals surface area contributed by atoms with E-state index in [9.17, 15) is 0 Å². The van der Waals surface area contributed by atoms with Gasteiger partial charge in [0.15, 0.2) is 0 Å². The molecule has 0 amide bonds. The highest BCUT2D eigenvalue weighted by atomic mass is 14.7. The molecule has 1 aromatic carbocycles. The molecule has 1 unspecified atom stereocenters. The molecule has 0 aliphatic heterocycles. The third-order valence-corrected chi connectivity index (χ3v) is 2.75. The third kappa shape index (κ3) is 3.65. The number of hydrogen-bond donors (Lipinski definition) is 0. The summed E-state index contributed by atoms with van der Waals surface area (Å²) in [7, 11) is 0. The van der Waals surface area contributed by atoms with E-state index in [1.54, 1.807) is 0 Å². The van der Waals surface area contributed by atoms with E-state index in [0.29, 0.717) is 6.04 Å². The first kappa shape index (κ1) is 12.7. The average molecular weight is 215 g/mol. The van der Waals surface area contributed by atoms with Crippen LogP contribution in [0.4, 0.5) is 0 Å². The molecule has 1 rings (SSSR count). The van der Waals surface area contributed by atoms with Crippen LogP contribution in [0.3, 0.4) is 0 Å². The van der Waals surface area contributed by atoms with Crippen molar-refractivity contribution < 1.29 is 0 Å². The molecule has 86 valence electrons. The molecule has 0 heterocycles. The van der Waals surface area contributed by atoms with Crippen LogP contribution >= 0.6 is 0 Å². The second-order valence-electron chi connectivity index (χ2n) is 4.15. The van der Waals surface area contributed by atoms with Gasteiger partial charge in [-0.05, 0) is 38.3 Å². The standard InChI is InChI=1S/C15H21N/c1-5-13(4)16-11-14(6-2)15-9-7-12(3)8-10-15/h6-11,13H,5H2,1-4H3. The van der Waals surface area contributed by atoms with Gasteiger partial charge in [-0.15, -0.1) is 0 Å². The minimum atomic E-state index is 0.403. The molecule has 0 bridgehead atoms. The van der Waals surface area contributed by atoms with Crippen molar-refractivity contribution in [2.75, 3.05) is 0 Å². The third-order valence-electron chi connectivity index (χ3n) is 2.75. The molecule has 0 aliphatic rings. The molecule has 0 N–H and O–H groups in total. The van der Waals surface area contributed by atoms with Crippen LogP contribution in [0.1, 0.15) is 38.3 Å². The predicted octanol–water partition coefficient (Wildman–Crippen LogP) is 4.27. The molecule has 0 radical (unpaired) electrons. The summed E-state index contributed by atoms with van der Waals surface area (Å²) >= 11 is 0. The molecular weight excluding hydrogens is 194 g/mol. The maximum Gasteiger partial charge on any atom is 0.0469 e. The zero-order valence-corrected chi connectivity index (χ0v) is 10.7. The Morgan fingerprint density at radius 2 is 1.94 bits per heavy atom. The molecule has 1 nitrogen and oxygen atoms in total. The molecule has 1 atom stereocenters. The van der Waals surface area contributed by atoms with Gasteiger partial charge in [0, 0.05) is 12.3 Å². The zero-order chi connectivity index (χ0) is 12.0. The molecule has 1 aromatic rings. The van der Waals surface area contributed by atoms with Gasteiger partial charge in [0.2, 0.25) is 0 Å². The van der Waals surface area contributed by atoms with Crippen molar-refractivity contribution in [3.8, 4) is 0 Å². The number of benzene rings is 1. The number of hydrogen-bond acceptors (Lipinski definition) is 1. The molecule has 0 aromatic heterocycles. The van der Waals surface area contributed by atoms with E-state index in [4.69, 9.17) is 0 Å². The minimum absolute atomic E-state index is 0.403. The van der Waals surface area contributed by atoms with Crippen molar-refractivity contribution in [2.45, 2.75) is 40.2 Å². The molecule has 16 heavy (non-hydrogen) atoms. The lowest BCUT2D eigenvalue weighted by molar-refractivity contribution is 0.721. The quantitative estimate of drug-likeness (QED) is 0.665. The Balaban J connectivity index is 2.84. The summed E-state index contributed by atoms with van der Waals surface area (Å²) < 4.78 is 0. The van der Waals surface area contributed by atoms with Crippen LogP contribution in [-0.2, 0) is 0 Å². The van der Waals surface area contributed by atoms with Crippen molar-refractivity contribution in [3.63, 3.8) is 0 Å². The van der Waals surface area contributed by atoms with Gasteiger partial charge < -0.3 is 0 Å². The number of aryl methyl sites for hydroxylation is 1. The van der Waals surface area contributed by atoms with Crippen molar-refractivity contribution in [3.05, 3.63) is 41.5 Å². The van der Waals surface area contributed by atoms with Crippen LogP contribution in [0.15, 0.2) is 35.3 Å². The Kier molecular flexibility index (Phi) is 4.97. The highest BCUT2D eigenvalue weighted by molar-refractivity contribution is 6.09. The molecule has 0 saturated carbocycles. The second kappa shape index (κ2) is 6.26. The first-order valence-electron chi connectivity index (χ1n) is 5.94. The summed E-state index contributed by atoms with van der Waals surface area (Å²) in [6.45, 7) is 8.45. The maximum atomic E-state index is 4.52. The highest BCUT2D eigenvalue weighted by Crippen LogP contribution is 2.13. The molecule has 0 aliphatic carbocycles. The van der Waals surface area contributed by atoms with E-state index >= 15 is 0 Å². The number of rotatable bonds is 4. The fraction of sp³-hybridized carbons (Fsp3) is 0.400. The van der Waals surface area contributed by atoms with Gasteiger partial charge in [-0.25, -0.2) is 0 Å². The first-order valence-corrected chi connectivity index (χ1v) is 5.94. The van der Waals surface area contributed by atoms with Gasteiger partial charge in [0.05, 0.1) is 0 Å². The van der Waals surface area contributed by atoms with Crippen LogP contribution in [0.25, 0.3) is 5.57 Å². The normalized spacial score (nSPS) is 14.4. The van der Waals surface area contributed by atoms with Crippen LogP contribution < -0.4 is 0 Å². The smallest absolute Gasteiger partial charge is 0.0469 e. The lowest BCUT2D eigenvalue weighted by atomic mass is 10.1. The van der Waals surface area contributed by atoms with E-state index in [-0.39, 0.29) is 0 Å². The summed E-state index contributed by atoms with van der Waals surface area (Å²) in [5.74, 6) is 0. The van der Waals surface area contributed by atoms with Crippen molar-refractivity contribution in [1.29, 1.82) is 0 Å². The van der Waals surface area contributed by atoms with Crippen LogP contribution in [0.2, 0.25) is 0 Å². The van der Waals surface area contributed by atoms with E-state index < -0.39 is 0 Å². The Hall–Kier alpha value is -1.37. The Morgan fingerprint density at radius 1 is 1.31 bits per heavy atom. The second-order valence-corrected chi connectivity index (χ2v) is 4.15. The van der Waals surface area contributed by atoms with Gasteiger partial charge in [0.1, 0.15) is 0 Å². The van der Waals surface area contributed by atoms with Gasteiger partial charge in [-0.1, -0.05) is 42.8 Å². The summed E-state index contributed by atoms with van der Waals surface area (Å²) in [5.41, 5.74) is 3.72. The SMILES string of the molecule is CC=C(C=NC(C)CC)c1ccc(C)cc1. The van der Waals surface area contributed by atoms with Crippen LogP contribution in [0, 0.1) is 6.92 Å². The lowest BCUT2D eigenvalue weighted by Crippen LogP contribution is -1.96. The van der Waals surface area contributed by atoms with Crippen molar-refractivity contribution in [2.24, 2.45) is 4.99 Å². The van der Waals surface area contributed by atoms with Gasteiger partial charge in [0.25, 0.3) is 0 Å². The fourth-order valence-corrected chi connectivity index (χ4v) is 1.37. The Bertz CT molecular complexity index is 371. The van der Waals surface area contributed by atoms with Crippen LogP contribution in [-0.4, -0.2) is 12.3 Å². The number of aliphatic imine (C=N–C) groups is 1. The van der Waals surface area contributed by atoms with E-state index in [0.717, 1.165) is 6.42 Å². The minimum Gasteiger partial charge on any atom is -0.290 e. The van der Waals surface area contributed by atoms with Gasteiger partial charge in [-0.2, -0.15) is 0 Å². The topological polar surface area (TPSA) is 12.4 Å². The van der Waals surface area contributed by atoms with E-state index in [1.807, 2.05) is 6.21 Å². The number of nitrogens with zero attached hydrogens (tertiary/aromatic N) is 1. The lowest BCUT2D eigenvalue weighted by Gasteiger charge is -2.04. The number of allylic oxidation sites excluding steroid dienone is 2. The molecule has 0 saturated heterocycles. The highest BCUT2D eigenvalue weighted by Gasteiger charge is 1.98. The largest absolute Gasteiger partial charge is 0.290 e. The summed E-state index contributed by atoms with van der Waals surface area (Å²) in [4.78, 5) is 4.52. The van der Waals surface area contributed by atoms with Crippen LogP contribution in [0.5, 0.6) is 0 Å². The summed E-state index contributed by atoms with van der Waals surface area (Å²) in [6.07, 6.45) is 5.18. The van der Waals surface area contributed by atoms with Gasteiger partial charge in [-0.3, -0.25) is 4.99 Å². The fourth-order valence-electron chi connectivity index (χ4n) is 1.37. The van der Waals surface area contributed by atoms with Crippen molar-refractivity contribution >= 4 is 11.8 Å². The van der Waals surface area contributed by atoms with E-state index in [1.165, 1.54) is 16.7 Å². The van der Waals surface area contributed by atoms with Crippen molar-refractivity contribution in [1.82, 2.24) is 0 Å². The zero-order valence-electron chi connectivity index (χ0n) is 10.7. The predicted molar refractivity (Wildman–Crippen MR) is 73.1 cm³/mol. The molecule has 0 fully saturated rings. The molecule has 0 spiro atoms. The maximum absolute atomic E-state index is 4.52. The first-order chi connectivity index (χ1) is 7.67. The molecule has 1 heteroatoms. The molecular formula is C15H21N. The van der Waals surface area contributed by atoms with E-state index in [2.05, 4.69) is 63.0 Å². The summed E-state index contributed by atoms with van der Waals surface area (Å²) in [6, 6.07) is 8.97. The Morgan fingerprint density at radius 3 is 2.44 bits per heavy atom.